The lowest BCUT2D eigenvalue weighted by molar-refractivity contribution is 0.0697. The summed E-state index contributed by atoms with van der Waals surface area (Å²) in [5.74, 6) is -0.960. The average molecular weight is 291 g/mol. The third-order valence-electron chi connectivity index (χ3n) is 3.75. The molecule has 0 fully saturated rings. The van der Waals surface area contributed by atoms with Gasteiger partial charge in [-0.15, -0.1) is 0 Å². The number of carbonyl (C=O) groups is 1. The van der Waals surface area contributed by atoms with E-state index in [2.05, 4.69) is 9.55 Å². The fourth-order valence-electron chi connectivity index (χ4n) is 2.66. The van der Waals surface area contributed by atoms with Gasteiger partial charge in [-0.1, -0.05) is 17.7 Å². The van der Waals surface area contributed by atoms with E-state index in [9.17, 15) is 4.79 Å². The molecule has 4 nitrogen and oxygen atoms in total. The molecule has 0 atom stereocenters. The van der Waals surface area contributed by atoms with Crippen LogP contribution in [0.1, 0.15) is 40.2 Å². The van der Waals surface area contributed by atoms with Crippen LogP contribution in [-0.2, 0) is 19.4 Å². The van der Waals surface area contributed by atoms with Crippen molar-refractivity contribution < 1.29 is 9.90 Å². The molecule has 5 heteroatoms. The first-order valence-electron chi connectivity index (χ1n) is 6.70. The third-order valence-corrected chi connectivity index (χ3v) is 4.10. The molecule has 0 unspecified atom stereocenters. The van der Waals surface area contributed by atoms with E-state index in [1.807, 2.05) is 6.33 Å². The number of aromatic nitrogens is 2. The summed E-state index contributed by atoms with van der Waals surface area (Å²) in [7, 11) is 0. The van der Waals surface area contributed by atoms with Gasteiger partial charge in [0.1, 0.15) is 0 Å². The summed E-state index contributed by atoms with van der Waals surface area (Å²) in [5, 5.41) is 9.43. The van der Waals surface area contributed by atoms with Gasteiger partial charge in [0, 0.05) is 10.7 Å². The summed E-state index contributed by atoms with van der Waals surface area (Å²) in [5.41, 5.74) is 3.61. The van der Waals surface area contributed by atoms with Crippen LogP contribution in [0.4, 0.5) is 0 Å². The highest BCUT2D eigenvalue weighted by atomic mass is 35.5. The molecular formula is C15H15ClN2O2. The molecule has 0 amide bonds. The Labute approximate surface area is 122 Å². The number of halogens is 1. The van der Waals surface area contributed by atoms with Gasteiger partial charge in [-0.25, -0.2) is 9.78 Å². The predicted molar refractivity (Wildman–Crippen MR) is 76.4 cm³/mol. The molecule has 0 spiro atoms. The van der Waals surface area contributed by atoms with Gasteiger partial charge in [0.15, 0.2) is 0 Å². The van der Waals surface area contributed by atoms with Gasteiger partial charge >= 0.3 is 5.97 Å². The van der Waals surface area contributed by atoms with Crippen LogP contribution >= 0.6 is 11.6 Å². The van der Waals surface area contributed by atoms with E-state index < -0.39 is 5.97 Å². The van der Waals surface area contributed by atoms with Crippen molar-refractivity contribution in [2.24, 2.45) is 0 Å². The first-order valence-corrected chi connectivity index (χ1v) is 7.07. The zero-order valence-electron chi connectivity index (χ0n) is 11.0. The molecule has 3 rings (SSSR count). The van der Waals surface area contributed by atoms with Gasteiger partial charge in [0.05, 0.1) is 24.1 Å². The molecule has 0 bridgehead atoms. The van der Waals surface area contributed by atoms with E-state index in [4.69, 9.17) is 16.7 Å². The molecular weight excluding hydrogens is 276 g/mol. The summed E-state index contributed by atoms with van der Waals surface area (Å²) in [6, 6.07) is 4.87. The second-order valence-corrected chi connectivity index (χ2v) is 5.49. The quantitative estimate of drug-likeness (QED) is 0.944. The first kappa shape index (κ1) is 13.2. The number of benzene rings is 1. The van der Waals surface area contributed by atoms with Gasteiger partial charge in [0.25, 0.3) is 0 Å². The maximum absolute atomic E-state index is 10.9. The number of aromatic carboxylic acids is 1. The Balaban J connectivity index is 1.88. The second kappa shape index (κ2) is 5.29. The molecule has 0 saturated carbocycles. The number of imidazole rings is 1. The van der Waals surface area contributed by atoms with E-state index in [0.29, 0.717) is 11.6 Å². The van der Waals surface area contributed by atoms with Gasteiger partial charge in [0.2, 0.25) is 0 Å². The Morgan fingerprint density at radius 3 is 2.90 bits per heavy atom. The molecule has 0 saturated heterocycles. The van der Waals surface area contributed by atoms with Gasteiger partial charge in [-0.2, -0.15) is 0 Å². The van der Waals surface area contributed by atoms with Crippen LogP contribution < -0.4 is 0 Å². The zero-order chi connectivity index (χ0) is 14.1. The molecule has 20 heavy (non-hydrogen) atoms. The molecule has 0 aliphatic heterocycles. The molecule has 2 aromatic rings. The highest BCUT2D eigenvalue weighted by molar-refractivity contribution is 6.31. The van der Waals surface area contributed by atoms with Crippen molar-refractivity contribution in [3.63, 3.8) is 0 Å². The maximum atomic E-state index is 10.9. The Morgan fingerprint density at radius 2 is 2.15 bits per heavy atom. The number of aryl methyl sites for hydroxylation is 1. The topological polar surface area (TPSA) is 55.1 Å². The Morgan fingerprint density at radius 1 is 1.35 bits per heavy atom. The van der Waals surface area contributed by atoms with E-state index in [0.717, 1.165) is 18.4 Å². The number of carboxylic acid groups (broad SMARTS) is 1. The Hall–Kier alpha value is -1.81. The normalized spacial score (nSPS) is 14.1. The highest BCUT2D eigenvalue weighted by Crippen LogP contribution is 2.23. The van der Waals surface area contributed by atoms with E-state index >= 15 is 0 Å². The number of nitrogens with zero attached hydrogens (tertiary/aromatic N) is 2. The molecule has 1 heterocycles. The van der Waals surface area contributed by atoms with Crippen LogP contribution in [-0.4, -0.2) is 20.6 Å². The Bertz CT molecular complexity index is 664. The first-order chi connectivity index (χ1) is 9.65. The Kier molecular flexibility index (Phi) is 3.49. The van der Waals surface area contributed by atoms with Gasteiger partial charge in [-0.3, -0.25) is 0 Å². The second-order valence-electron chi connectivity index (χ2n) is 5.08. The number of carboxylic acids is 1. The SMILES string of the molecule is O=C(O)c1ccc(Cn2cnc3c2CCCC3)c(Cl)c1. The van der Waals surface area contributed by atoms with Crippen LogP contribution in [0.25, 0.3) is 0 Å². The summed E-state index contributed by atoms with van der Waals surface area (Å²) < 4.78 is 2.12. The lowest BCUT2D eigenvalue weighted by atomic mass is 10.0. The van der Waals surface area contributed by atoms with Crippen LogP contribution in [0.2, 0.25) is 5.02 Å². The van der Waals surface area contributed by atoms with Crippen molar-refractivity contribution in [1.29, 1.82) is 0 Å². The molecule has 1 aliphatic rings. The average Bonchev–Trinajstić information content (AvgIpc) is 2.84. The van der Waals surface area contributed by atoms with Crippen molar-refractivity contribution in [1.82, 2.24) is 9.55 Å². The number of hydrogen-bond donors (Lipinski definition) is 1. The summed E-state index contributed by atoms with van der Waals surface area (Å²) in [6.45, 7) is 0.640. The minimum absolute atomic E-state index is 0.214. The van der Waals surface area contributed by atoms with E-state index in [1.54, 1.807) is 12.1 Å². The number of fused-ring (bicyclic) bond motifs is 1. The fourth-order valence-corrected chi connectivity index (χ4v) is 2.90. The molecule has 1 N–H and O–H groups in total. The van der Waals surface area contributed by atoms with Gasteiger partial charge in [-0.05, 0) is 43.4 Å². The smallest absolute Gasteiger partial charge is 0.335 e. The van der Waals surface area contributed by atoms with Crippen LogP contribution in [0.3, 0.4) is 0 Å². The fraction of sp³-hybridized carbons (Fsp3) is 0.333. The standard InChI is InChI=1S/C15H15ClN2O2/c16-12-7-10(15(19)20)5-6-11(12)8-18-9-17-13-3-1-2-4-14(13)18/h5-7,9H,1-4,8H2,(H,19,20). The van der Waals surface area contributed by atoms with Crippen molar-refractivity contribution in [2.45, 2.75) is 32.2 Å². The molecule has 1 aromatic carbocycles. The van der Waals surface area contributed by atoms with Gasteiger partial charge < -0.3 is 9.67 Å². The van der Waals surface area contributed by atoms with Crippen molar-refractivity contribution in [3.8, 4) is 0 Å². The van der Waals surface area contributed by atoms with Crippen molar-refractivity contribution in [3.05, 3.63) is 52.1 Å². The number of rotatable bonds is 3. The largest absolute Gasteiger partial charge is 0.478 e. The minimum atomic E-state index is -0.960. The molecule has 1 aromatic heterocycles. The molecule has 104 valence electrons. The lowest BCUT2D eigenvalue weighted by Crippen LogP contribution is -2.09. The molecule has 1 aliphatic carbocycles. The van der Waals surface area contributed by atoms with Crippen molar-refractivity contribution in [2.75, 3.05) is 0 Å². The van der Waals surface area contributed by atoms with E-state index in [-0.39, 0.29) is 5.56 Å². The van der Waals surface area contributed by atoms with E-state index in [1.165, 1.54) is 30.3 Å². The maximum Gasteiger partial charge on any atom is 0.335 e. The number of hydrogen-bond acceptors (Lipinski definition) is 2. The van der Waals surface area contributed by atoms with Crippen LogP contribution in [0.15, 0.2) is 24.5 Å². The minimum Gasteiger partial charge on any atom is -0.478 e. The molecule has 0 radical (unpaired) electrons. The monoisotopic (exact) mass is 290 g/mol. The van der Waals surface area contributed by atoms with Crippen LogP contribution in [0.5, 0.6) is 0 Å². The van der Waals surface area contributed by atoms with Crippen LogP contribution in [0, 0.1) is 0 Å². The predicted octanol–water partition coefficient (Wildman–Crippen LogP) is 3.16. The summed E-state index contributed by atoms with van der Waals surface area (Å²) in [6.07, 6.45) is 6.37. The third kappa shape index (κ3) is 2.43. The lowest BCUT2D eigenvalue weighted by Gasteiger charge is -2.14. The summed E-state index contributed by atoms with van der Waals surface area (Å²) >= 11 is 6.18. The van der Waals surface area contributed by atoms with Crippen molar-refractivity contribution >= 4 is 17.6 Å². The highest BCUT2D eigenvalue weighted by Gasteiger charge is 2.16. The zero-order valence-corrected chi connectivity index (χ0v) is 11.7. The summed E-state index contributed by atoms with van der Waals surface area (Å²) in [4.78, 5) is 15.4.